The summed E-state index contributed by atoms with van der Waals surface area (Å²) in [5.74, 6) is 0. The molecule has 1 aromatic heterocycles. The number of anilines is 1. The molecular weight excluding hydrogens is 496 g/mol. The lowest BCUT2D eigenvalue weighted by Crippen LogP contribution is -2.27. The third-order valence-corrected chi connectivity index (χ3v) is 5.37. The summed E-state index contributed by atoms with van der Waals surface area (Å²) in [4.78, 5) is 5.66. The summed E-state index contributed by atoms with van der Waals surface area (Å²) in [5, 5.41) is 4.18. The molecule has 0 fully saturated rings. The van der Waals surface area contributed by atoms with Gasteiger partial charge in [-0.25, -0.2) is 4.98 Å². The van der Waals surface area contributed by atoms with Gasteiger partial charge in [-0.15, -0.1) is 11.3 Å². The monoisotopic (exact) mass is 509 g/mol. The summed E-state index contributed by atoms with van der Waals surface area (Å²) < 4.78 is 2.52. The number of thiazole rings is 1. The average molecular weight is 509 g/mol. The van der Waals surface area contributed by atoms with Crippen LogP contribution in [0, 0.1) is 7.14 Å². The standard InChI is InChI=1S/C14H13I2N3S/c15-9-5-8(6-10(16)7-9)1-2-11-13-12(3-4-18-11)19-14(17)20-13/h1-2,5-7,11,18H,3-4H2,(H2,17,19). The maximum Gasteiger partial charge on any atom is 0.180 e. The maximum absolute atomic E-state index is 5.82. The van der Waals surface area contributed by atoms with Gasteiger partial charge >= 0.3 is 0 Å². The van der Waals surface area contributed by atoms with Crippen LogP contribution in [-0.4, -0.2) is 11.5 Å². The van der Waals surface area contributed by atoms with Gasteiger partial charge in [0.05, 0.1) is 16.6 Å². The van der Waals surface area contributed by atoms with Gasteiger partial charge in [-0.1, -0.05) is 12.2 Å². The summed E-state index contributed by atoms with van der Waals surface area (Å²) >= 11 is 6.29. The fourth-order valence-electron chi connectivity index (χ4n) is 2.28. The Bertz CT molecular complexity index is 646. The highest BCUT2D eigenvalue weighted by Crippen LogP contribution is 2.31. The SMILES string of the molecule is Nc1nc2c(s1)C(C=Cc1cc(I)cc(I)c1)NCC2. The summed E-state index contributed by atoms with van der Waals surface area (Å²) in [6, 6.07) is 6.76. The minimum absolute atomic E-state index is 0.226. The minimum atomic E-state index is 0.226. The van der Waals surface area contributed by atoms with Crippen molar-refractivity contribution in [3.05, 3.63) is 47.6 Å². The lowest BCUT2D eigenvalue weighted by atomic mass is 10.1. The molecule has 104 valence electrons. The molecule has 3 rings (SSSR count). The molecule has 1 unspecified atom stereocenters. The number of nitrogens with two attached hydrogens (primary N) is 1. The highest BCUT2D eigenvalue weighted by Gasteiger charge is 2.21. The normalized spacial score (nSPS) is 18.4. The molecule has 0 radical (unpaired) electrons. The van der Waals surface area contributed by atoms with Gasteiger partial charge in [-0.05, 0) is 68.9 Å². The van der Waals surface area contributed by atoms with Crippen LogP contribution in [0.15, 0.2) is 24.3 Å². The van der Waals surface area contributed by atoms with Gasteiger partial charge in [0.2, 0.25) is 0 Å². The Labute approximate surface area is 149 Å². The van der Waals surface area contributed by atoms with E-state index < -0.39 is 0 Å². The first-order valence-electron chi connectivity index (χ1n) is 6.24. The Morgan fingerprint density at radius 1 is 1.30 bits per heavy atom. The summed E-state index contributed by atoms with van der Waals surface area (Å²) in [5.41, 5.74) is 8.20. The van der Waals surface area contributed by atoms with Crippen molar-refractivity contribution in [3.63, 3.8) is 0 Å². The smallest absolute Gasteiger partial charge is 0.180 e. The fourth-order valence-corrected chi connectivity index (χ4v) is 5.20. The van der Waals surface area contributed by atoms with Gasteiger partial charge in [0, 0.05) is 20.1 Å². The number of halogens is 2. The number of nitrogens with zero attached hydrogens (tertiary/aromatic N) is 1. The van der Waals surface area contributed by atoms with Crippen LogP contribution in [0.3, 0.4) is 0 Å². The van der Waals surface area contributed by atoms with E-state index in [-0.39, 0.29) is 6.04 Å². The first kappa shape index (κ1) is 14.7. The Kier molecular flexibility index (Phi) is 4.63. The van der Waals surface area contributed by atoms with Gasteiger partial charge in [0.1, 0.15) is 0 Å². The predicted molar refractivity (Wildman–Crippen MR) is 102 cm³/mol. The van der Waals surface area contributed by atoms with Crippen molar-refractivity contribution in [1.29, 1.82) is 0 Å². The zero-order valence-electron chi connectivity index (χ0n) is 10.6. The number of fused-ring (bicyclic) bond motifs is 1. The van der Waals surface area contributed by atoms with Gasteiger partial charge < -0.3 is 11.1 Å². The second-order valence-electron chi connectivity index (χ2n) is 4.61. The Morgan fingerprint density at radius 2 is 2.05 bits per heavy atom. The molecule has 20 heavy (non-hydrogen) atoms. The average Bonchev–Trinajstić information content (AvgIpc) is 2.76. The third kappa shape index (κ3) is 3.34. The quantitative estimate of drug-likeness (QED) is 0.606. The number of rotatable bonds is 2. The van der Waals surface area contributed by atoms with Crippen LogP contribution in [0.4, 0.5) is 5.13 Å². The van der Waals surface area contributed by atoms with Crippen LogP contribution in [0.25, 0.3) is 6.08 Å². The van der Waals surface area contributed by atoms with E-state index in [1.807, 2.05) is 0 Å². The van der Waals surface area contributed by atoms with Crippen molar-refractivity contribution in [2.75, 3.05) is 12.3 Å². The van der Waals surface area contributed by atoms with E-state index in [0.29, 0.717) is 5.13 Å². The molecule has 6 heteroatoms. The first-order chi connectivity index (χ1) is 9.61. The molecule has 1 aliphatic heterocycles. The minimum Gasteiger partial charge on any atom is -0.375 e. The van der Waals surface area contributed by atoms with E-state index in [0.717, 1.165) is 18.7 Å². The van der Waals surface area contributed by atoms with Crippen LogP contribution in [0.2, 0.25) is 0 Å². The van der Waals surface area contributed by atoms with E-state index >= 15 is 0 Å². The van der Waals surface area contributed by atoms with Crippen molar-refractivity contribution in [1.82, 2.24) is 10.3 Å². The lowest BCUT2D eigenvalue weighted by Gasteiger charge is -2.19. The molecule has 0 saturated carbocycles. The zero-order chi connectivity index (χ0) is 14.1. The molecule has 3 nitrogen and oxygen atoms in total. The zero-order valence-corrected chi connectivity index (χ0v) is 15.7. The summed E-state index contributed by atoms with van der Waals surface area (Å²) in [6.45, 7) is 0.953. The van der Waals surface area contributed by atoms with Crippen LogP contribution < -0.4 is 11.1 Å². The van der Waals surface area contributed by atoms with Crippen molar-refractivity contribution >= 4 is 67.7 Å². The van der Waals surface area contributed by atoms with Crippen LogP contribution >= 0.6 is 56.5 Å². The summed E-state index contributed by atoms with van der Waals surface area (Å²) in [7, 11) is 0. The van der Waals surface area contributed by atoms with E-state index in [1.54, 1.807) is 11.3 Å². The molecule has 0 aliphatic carbocycles. The van der Waals surface area contributed by atoms with Crippen molar-refractivity contribution < 1.29 is 0 Å². The number of aromatic nitrogens is 1. The maximum atomic E-state index is 5.82. The first-order valence-corrected chi connectivity index (χ1v) is 9.22. The van der Waals surface area contributed by atoms with Crippen LogP contribution in [0.1, 0.15) is 22.2 Å². The highest BCUT2D eigenvalue weighted by molar-refractivity contribution is 14.1. The topological polar surface area (TPSA) is 50.9 Å². The predicted octanol–water partition coefficient (Wildman–Crippen LogP) is 3.83. The second kappa shape index (κ2) is 6.29. The number of hydrogen-bond acceptors (Lipinski definition) is 4. The van der Waals surface area contributed by atoms with Crippen molar-refractivity contribution in [3.8, 4) is 0 Å². The molecular formula is C14H13I2N3S. The van der Waals surface area contributed by atoms with Gasteiger partial charge in [0.15, 0.2) is 5.13 Å². The van der Waals surface area contributed by atoms with Gasteiger partial charge in [0.25, 0.3) is 0 Å². The third-order valence-electron chi connectivity index (χ3n) is 3.12. The molecule has 0 bridgehead atoms. The molecule has 1 aromatic carbocycles. The molecule has 2 heterocycles. The van der Waals surface area contributed by atoms with E-state index in [4.69, 9.17) is 5.73 Å². The largest absolute Gasteiger partial charge is 0.375 e. The number of nitrogens with one attached hydrogen (secondary N) is 1. The van der Waals surface area contributed by atoms with Crippen LogP contribution in [0.5, 0.6) is 0 Å². The number of hydrogen-bond donors (Lipinski definition) is 2. The van der Waals surface area contributed by atoms with E-state index in [9.17, 15) is 0 Å². The highest BCUT2D eigenvalue weighted by atomic mass is 127. The Balaban J connectivity index is 1.86. The van der Waals surface area contributed by atoms with E-state index in [2.05, 4.69) is 85.8 Å². The van der Waals surface area contributed by atoms with Gasteiger partial charge in [-0.3, -0.25) is 0 Å². The second-order valence-corrected chi connectivity index (χ2v) is 8.16. The molecule has 1 atom stereocenters. The number of benzene rings is 1. The molecule has 0 saturated heterocycles. The van der Waals surface area contributed by atoms with E-state index in [1.165, 1.54) is 17.6 Å². The van der Waals surface area contributed by atoms with Gasteiger partial charge in [-0.2, -0.15) is 0 Å². The van der Waals surface area contributed by atoms with Crippen LogP contribution in [-0.2, 0) is 6.42 Å². The Morgan fingerprint density at radius 3 is 2.80 bits per heavy atom. The fraction of sp³-hybridized carbons (Fsp3) is 0.214. The lowest BCUT2D eigenvalue weighted by molar-refractivity contribution is 0.585. The van der Waals surface area contributed by atoms with Crippen molar-refractivity contribution in [2.24, 2.45) is 0 Å². The molecule has 2 aromatic rings. The molecule has 3 N–H and O–H groups in total. The number of nitrogen functional groups attached to an aromatic ring is 1. The summed E-state index contributed by atoms with van der Waals surface area (Å²) in [6.07, 6.45) is 5.35. The molecule has 0 amide bonds. The Hall–Kier alpha value is -0.190. The van der Waals surface area contributed by atoms with Crippen molar-refractivity contribution in [2.45, 2.75) is 12.5 Å². The molecule has 0 spiro atoms. The molecule has 1 aliphatic rings.